The number of rotatable bonds is 1. The number of hydrogen-bond donors (Lipinski definition) is 1. The zero-order valence-corrected chi connectivity index (χ0v) is 10.9. The van der Waals surface area contributed by atoms with Crippen molar-refractivity contribution in [1.29, 1.82) is 0 Å². The summed E-state index contributed by atoms with van der Waals surface area (Å²) in [5.74, 6) is 1.58. The molecule has 0 bridgehead atoms. The molecule has 1 aliphatic rings. The molecule has 1 aromatic heterocycles. The molecule has 4 heteroatoms. The number of aryl methyl sites for hydroxylation is 1. The van der Waals surface area contributed by atoms with Crippen LogP contribution in [0.25, 0.3) is 11.0 Å². The maximum Gasteiger partial charge on any atom is 0.106 e. The molecule has 96 valence electrons. The molecule has 4 nitrogen and oxygen atoms in total. The van der Waals surface area contributed by atoms with Crippen LogP contribution in [0.15, 0.2) is 18.2 Å². The summed E-state index contributed by atoms with van der Waals surface area (Å²) in [7, 11) is 0. The fourth-order valence-electron chi connectivity index (χ4n) is 2.91. The van der Waals surface area contributed by atoms with E-state index in [1.165, 1.54) is 5.52 Å². The number of fused-ring (bicyclic) bond motifs is 1. The van der Waals surface area contributed by atoms with Crippen LogP contribution in [-0.2, 0) is 4.74 Å². The van der Waals surface area contributed by atoms with Gasteiger partial charge in [-0.15, -0.1) is 0 Å². The molecule has 0 saturated carbocycles. The third kappa shape index (κ3) is 1.77. The SMILES string of the molecule is Cc1nc2cc(N)ccc2n1C1CCOCC1C. The number of ether oxygens (including phenoxy) is 1. The van der Waals surface area contributed by atoms with Crippen molar-refractivity contribution in [2.45, 2.75) is 26.3 Å². The van der Waals surface area contributed by atoms with Gasteiger partial charge in [0.25, 0.3) is 0 Å². The standard InChI is InChI=1S/C14H19N3O/c1-9-8-18-6-5-13(9)17-10(2)16-12-7-11(15)3-4-14(12)17/h3-4,7,9,13H,5-6,8,15H2,1-2H3. The number of nitrogens with zero attached hydrogens (tertiary/aromatic N) is 2. The third-order valence-electron chi connectivity index (χ3n) is 3.82. The zero-order valence-electron chi connectivity index (χ0n) is 10.9. The van der Waals surface area contributed by atoms with Crippen LogP contribution in [0.4, 0.5) is 5.69 Å². The number of anilines is 1. The summed E-state index contributed by atoms with van der Waals surface area (Å²) < 4.78 is 7.88. The van der Waals surface area contributed by atoms with Crippen molar-refractivity contribution < 1.29 is 4.74 Å². The summed E-state index contributed by atoms with van der Waals surface area (Å²) in [6.07, 6.45) is 1.05. The Morgan fingerprint density at radius 2 is 2.28 bits per heavy atom. The van der Waals surface area contributed by atoms with Crippen LogP contribution in [0, 0.1) is 12.8 Å². The summed E-state index contributed by atoms with van der Waals surface area (Å²) in [5.41, 5.74) is 8.76. The van der Waals surface area contributed by atoms with Crippen LogP contribution in [-0.4, -0.2) is 22.8 Å². The predicted octanol–water partition coefficient (Wildman–Crippen LogP) is 2.52. The molecule has 2 heterocycles. The van der Waals surface area contributed by atoms with Gasteiger partial charge in [0.15, 0.2) is 0 Å². The molecular formula is C14H19N3O. The number of benzene rings is 1. The van der Waals surface area contributed by atoms with E-state index in [2.05, 4.69) is 29.5 Å². The Morgan fingerprint density at radius 3 is 3.06 bits per heavy atom. The smallest absolute Gasteiger partial charge is 0.106 e. The first-order chi connectivity index (χ1) is 8.66. The maximum absolute atomic E-state index is 5.82. The minimum absolute atomic E-state index is 0.479. The second kappa shape index (κ2) is 4.28. The summed E-state index contributed by atoms with van der Waals surface area (Å²) in [6, 6.07) is 6.45. The monoisotopic (exact) mass is 245 g/mol. The lowest BCUT2D eigenvalue weighted by Crippen LogP contribution is -2.28. The molecular weight excluding hydrogens is 226 g/mol. The first kappa shape index (κ1) is 11.5. The summed E-state index contributed by atoms with van der Waals surface area (Å²) in [5, 5.41) is 0. The molecule has 2 aromatic rings. The van der Waals surface area contributed by atoms with Crippen molar-refractivity contribution in [1.82, 2.24) is 9.55 Å². The largest absolute Gasteiger partial charge is 0.399 e. The minimum atomic E-state index is 0.479. The highest BCUT2D eigenvalue weighted by Crippen LogP contribution is 2.31. The molecule has 2 N–H and O–H groups in total. The van der Waals surface area contributed by atoms with Crippen LogP contribution in [0.3, 0.4) is 0 Å². The Balaban J connectivity index is 2.12. The quantitative estimate of drug-likeness (QED) is 0.785. The molecule has 18 heavy (non-hydrogen) atoms. The summed E-state index contributed by atoms with van der Waals surface area (Å²) >= 11 is 0. The molecule has 0 spiro atoms. The lowest BCUT2D eigenvalue weighted by molar-refractivity contribution is 0.0292. The molecule has 0 radical (unpaired) electrons. The van der Waals surface area contributed by atoms with Crippen molar-refractivity contribution in [2.24, 2.45) is 5.92 Å². The van der Waals surface area contributed by atoms with Gasteiger partial charge in [0, 0.05) is 24.3 Å². The summed E-state index contributed by atoms with van der Waals surface area (Å²) in [4.78, 5) is 4.63. The van der Waals surface area contributed by atoms with Crippen molar-refractivity contribution in [2.75, 3.05) is 18.9 Å². The molecule has 3 rings (SSSR count). The van der Waals surface area contributed by atoms with E-state index < -0.39 is 0 Å². The van der Waals surface area contributed by atoms with Crippen LogP contribution in [0.5, 0.6) is 0 Å². The number of nitrogens with two attached hydrogens (primary N) is 1. The van der Waals surface area contributed by atoms with Crippen LogP contribution >= 0.6 is 0 Å². The maximum atomic E-state index is 5.82. The van der Waals surface area contributed by atoms with Gasteiger partial charge >= 0.3 is 0 Å². The van der Waals surface area contributed by atoms with Gasteiger partial charge in [-0.2, -0.15) is 0 Å². The first-order valence-electron chi connectivity index (χ1n) is 6.48. The van der Waals surface area contributed by atoms with Gasteiger partial charge in [0.05, 0.1) is 17.6 Å². The number of hydrogen-bond acceptors (Lipinski definition) is 3. The van der Waals surface area contributed by atoms with Gasteiger partial charge in [-0.1, -0.05) is 6.92 Å². The Bertz CT molecular complexity index is 576. The van der Waals surface area contributed by atoms with Crippen molar-refractivity contribution >= 4 is 16.7 Å². The van der Waals surface area contributed by atoms with Crippen molar-refractivity contribution in [3.05, 3.63) is 24.0 Å². The fourth-order valence-corrected chi connectivity index (χ4v) is 2.91. The molecule has 0 amide bonds. The van der Waals surface area contributed by atoms with E-state index in [9.17, 15) is 0 Å². The van der Waals surface area contributed by atoms with Crippen LogP contribution in [0.2, 0.25) is 0 Å². The van der Waals surface area contributed by atoms with Gasteiger partial charge in [0.1, 0.15) is 5.82 Å². The average molecular weight is 245 g/mol. The zero-order chi connectivity index (χ0) is 12.7. The van der Waals surface area contributed by atoms with Gasteiger partial charge in [-0.25, -0.2) is 4.98 Å². The lowest BCUT2D eigenvalue weighted by atomic mass is 9.97. The van der Waals surface area contributed by atoms with E-state index in [1.54, 1.807) is 0 Å². The minimum Gasteiger partial charge on any atom is -0.399 e. The number of imidazole rings is 1. The molecule has 0 aliphatic carbocycles. The van der Waals surface area contributed by atoms with Gasteiger partial charge in [0.2, 0.25) is 0 Å². The highest BCUT2D eigenvalue weighted by atomic mass is 16.5. The molecule has 2 atom stereocenters. The van der Waals surface area contributed by atoms with Crippen LogP contribution < -0.4 is 5.73 Å². The fraction of sp³-hybridized carbons (Fsp3) is 0.500. The average Bonchev–Trinajstić information content (AvgIpc) is 2.65. The second-order valence-electron chi connectivity index (χ2n) is 5.19. The third-order valence-corrected chi connectivity index (χ3v) is 3.82. The molecule has 1 saturated heterocycles. The Kier molecular flexibility index (Phi) is 2.74. The summed E-state index contributed by atoms with van der Waals surface area (Å²) in [6.45, 7) is 5.98. The number of nitrogen functional groups attached to an aromatic ring is 1. The lowest BCUT2D eigenvalue weighted by Gasteiger charge is -2.31. The van der Waals surface area contributed by atoms with Gasteiger partial charge in [-0.05, 0) is 31.5 Å². The molecule has 1 aliphatic heterocycles. The normalized spacial score (nSPS) is 24.6. The van der Waals surface area contributed by atoms with E-state index in [1.807, 2.05) is 12.1 Å². The van der Waals surface area contributed by atoms with E-state index >= 15 is 0 Å². The predicted molar refractivity (Wildman–Crippen MR) is 72.5 cm³/mol. The molecule has 1 aromatic carbocycles. The Hall–Kier alpha value is -1.55. The molecule has 1 fully saturated rings. The first-order valence-corrected chi connectivity index (χ1v) is 6.48. The van der Waals surface area contributed by atoms with E-state index in [-0.39, 0.29) is 0 Å². The topological polar surface area (TPSA) is 53.1 Å². The van der Waals surface area contributed by atoms with Gasteiger partial charge < -0.3 is 15.0 Å². The van der Waals surface area contributed by atoms with Gasteiger partial charge in [-0.3, -0.25) is 0 Å². The van der Waals surface area contributed by atoms with E-state index in [4.69, 9.17) is 10.5 Å². The Morgan fingerprint density at radius 1 is 1.44 bits per heavy atom. The van der Waals surface area contributed by atoms with E-state index in [0.717, 1.165) is 36.7 Å². The number of aromatic nitrogens is 2. The molecule has 2 unspecified atom stereocenters. The van der Waals surface area contributed by atoms with Crippen molar-refractivity contribution in [3.63, 3.8) is 0 Å². The Labute approximate surface area is 107 Å². The highest BCUT2D eigenvalue weighted by Gasteiger charge is 2.26. The van der Waals surface area contributed by atoms with Crippen molar-refractivity contribution in [3.8, 4) is 0 Å². The van der Waals surface area contributed by atoms with Crippen LogP contribution in [0.1, 0.15) is 25.2 Å². The van der Waals surface area contributed by atoms with E-state index in [0.29, 0.717) is 12.0 Å². The second-order valence-corrected chi connectivity index (χ2v) is 5.19. The highest BCUT2D eigenvalue weighted by molar-refractivity contribution is 5.79.